The van der Waals surface area contributed by atoms with Crippen LogP contribution in [0.15, 0.2) is 18.2 Å². The van der Waals surface area contributed by atoms with Gasteiger partial charge in [-0.25, -0.2) is 9.59 Å². The van der Waals surface area contributed by atoms with Crippen LogP contribution in [-0.4, -0.2) is 48.3 Å². The van der Waals surface area contributed by atoms with E-state index in [0.29, 0.717) is 18.9 Å². The molecule has 1 saturated heterocycles. The van der Waals surface area contributed by atoms with Crippen molar-refractivity contribution in [3.63, 3.8) is 0 Å². The van der Waals surface area contributed by atoms with E-state index in [1.165, 1.54) is 6.07 Å². The lowest BCUT2D eigenvalue weighted by molar-refractivity contribution is 0.0544. The second kappa shape index (κ2) is 7.08. The molecule has 2 N–H and O–H groups in total. The van der Waals surface area contributed by atoms with E-state index in [1.807, 2.05) is 22.6 Å². The minimum absolute atomic E-state index is 0.0932. The van der Waals surface area contributed by atoms with E-state index >= 15 is 0 Å². The summed E-state index contributed by atoms with van der Waals surface area (Å²) in [5.74, 6) is -1.06. The Kier molecular flexibility index (Phi) is 5.40. The highest BCUT2D eigenvalue weighted by atomic mass is 127. The highest BCUT2D eigenvalue weighted by molar-refractivity contribution is 14.1. The van der Waals surface area contributed by atoms with Gasteiger partial charge in [-0.15, -0.1) is 0 Å². The first-order valence-electron chi connectivity index (χ1n) is 6.63. The van der Waals surface area contributed by atoms with Crippen molar-refractivity contribution < 1.29 is 19.4 Å². The van der Waals surface area contributed by atoms with Crippen LogP contribution in [0.1, 0.15) is 23.2 Å². The highest BCUT2D eigenvalue weighted by Gasteiger charge is 2.23. The third kappa shape index (κ3) is 4.07. The molecule has 0 saturated carbocycles. The molecule has 1 heterocycles. The fourth-order valence-electron chi connectivity index (χ4n) is 2.24. The van der Waals surface area contributed by atoms with E-state index in [9.17, 15) is 14.7 Å². The van der Waals surface area contributed by atoms with Crippen LogP contribution in [0.3, 0.4) is 0 Å². The minimum atomic E-state index is -1.06. The number of carboxylic acid groups (broad SMARTS) is 1. The minimum Gasteiger partial charge on any atom is -0.478 e. The van der Waals surface area contributed by atoms with Crippen molar-refractivity contribution in [3.05, 3.63) is 27.3 Å². The molecule has 1 aromatic carbocycles. The number of hydrogen-bond acceptors (Lipinski definition) is 3. The third-order valence-corrected chi connectivity index (χ3v) is 4.18. The van der Waals surface area contributed by atoms with Crippen LogP contribution in [-0.2, 0) is 4.74 Å². The van der Waals surface area contributed by atoms with Crippen LogP contribution < -0.4 is 5.32 Å². The number of ether oxygens (including phenoxy) is 1. The van der Waals surface area contributed by atoms with Crippen molar-refractivity contribution in [1.82, 2.24) is 4.90 Å². The SMILES string of the molecule is CN(C(=O)Nc1ccc(I)cc1C(=O)O)C1CCOCC1. The fourth-order valence-corrected chi connectivity index (χ4v) is 2.74. The zero-order chi connectivity index (χ0) is 15.4. The molecule has 0 unspecified atom stereocenters. The summed E-state index contributed by atoms with van der Waals surface area (Å²) < 4.78 is 6.08. The van der Waals surface area contributed by atoms with E-state index in [-0.39, 0.29) is 17.6 Å². The maximum Gasteiger partial charge on any atom is 0.337 e. The molecule has 0 aromatic heterocycles. The average Bonchev–Trinajstić information content (AvgIpc) is 2.49. The summed E-state index contributed by atoms with van der Waals surface area (Å²) in [4.78, 5) is 25.1. The highest BCUT2D eigenvalue weighted by Crippen LogP contribution is 2.20. The van der Waals surface area contributed by atoms with E-state index < -0.39 is 5.97 Å². The zero-order valence-electron chi connectivity index (χ0n) is 11.6. The Morgan fingerprint density at radius 1 is 1.38 bits per heavy atom. The van der Waals surface area contributed by atoms with Crippen LogP contribution in [0.4, 0.5) is 10.5 Å². The number of amides is 2. The molecule has 0 radical (unpaired) electrons. The molecule has 0 atom stereocenters. The molecule has 1 aliphatic heterocycles. The van der Waals surface area contributed by atoms with E-state index in [1.54, 1.807) is 24.1 Å². The number of carbonyl (C=O) groups is 2. The topological polar surface area (TPSA) is 78.9 Å². The van der Waals surface area contributed by atoms with Gasteiger partial charge in [0, 0.05) is 29.9 Å². The monoisotopic (exact) mass is 404 g/mol. The maximum absolute atomic E-state index is 12.3. The van der Waals surface area contributed by atoms with Gasteiger partial charge in [0.05, 0.1) is 11.3 Å². The molecule has 1 aromatic rings. The lowest BCUT2D eigenvalue weighted by atomic mass is 10.1. The quantitative estimate of drug-likeness (QED) is 0.760. The molecule has 2 amide bonds. The summed E-state index contributed by atoms with van der Waals surface area (Å²) in [6, 6.07) is 4.73. The van der Waals surface area contributed by atoms with Crippen molar-refractivity contribution in [3.8, 4) is 0 Å². The van der Waals surface area contributed by atoms with E-state index in [0.717, 1.165) is 16.4 Å². The molecule has 21 heavy (non-hydrogen) atoms. The number of rotatable bonds is 3. The molecule has 6 nitrogen and oxygen atoms in total. The van der Waals surface area contributed by atoms with Crippen molar-refractivity contribution in [2.45, 2.75) is 18.9 Å². The molecule has 7 heteroatoms. The van der Waals surface area contributed by atoms with Gasteiger partial charge in [-0.1, -0.05) is 0 Å². The number of urea groups is 1. The van der Waals surface area contributed by atoms with Gasteiger partial charge in [0.2, 0.25) is 0 Å². The summed E-state index contributed by atoms with van der Waals surface area (Å²) in [5, 5.41) is 11.9. The first kappa shape index (κ1) is 16.0. The van der Waals surface area contributed by atoms with Crippen LogP contribution in [0, 0.1) is 3.57 Å². The largest absolute Gasteiger partial charge is 0.478 e. The zero-order valence-corrected chi connectivity index (χ0v) is 13.8. The summed E-state index contributed by atoms with van der Waals surface area (Å²) >= 11 is 2.04. The van der Waals surface area contributed by atoms with Crippen LogP contribution in [0.2, 0.25) is 0 Å². The van der Waals surface area contributed by atoms with Gasteiger partial charge in [0.25, 0.3) is 0 Å². The third-order valence-electron chi connectivity index (χ3n) is 3.51. The number of anilines is 1. The van der Waals surface area contributed by atoms with Gasteiger partial charge < -0.3 is 20.1 Å². The van der Waals surface area contributed by atoms with E-state index in [2.05, 4.69) is 5.32 Å². The summed E-state index contributed by atoms with van der Waals surface area (Å²) in [7, 11) is 1.72. The summed E-state index contributed by atoms with van der Waals surface area (Å²) in [5.41, 5.74) is 0.405. The van der Waals surface area contributed by atoms with Gasteiger partial charge in [0.1, 0.15) is 0 Å². The molecule has 1 aliphatic rings. The standard InChI is InChI=1S/C14H17IN2O4/c1-17(10-4-6-21-7-5-10)14(20)16-12-3-2-9(15)8-11(12)13(18)19/h2-3,8,10H,4-7H2,1H3,(H,16,20)(H,18,19). The molecular formula is C14H17IN2O4. The van der Waals surface area contributed by atoms with Crippen molar-refractivity contribution >= 4 is 40.3 Å². The van der Waals surface area contributed by atoms with Gasteiger partial charge in [-0.2, -0.15) is 0 Å². The second-order valence-electron chi connectivity index (χ2n) is 4.88. The van der Waals surface area contributed by atoms with Crippen LogP contribution in [0.25, 0.3) is 0 Å². The Morgan fingerprint density at radius 2 is 2.05 bits per heavy atom. The fraction of sp³-hybridized carbons (Fsp3) is 0.429. The first-order chi connectivity index (χ1) is 9.99. The van der Waals surface area contributed by atoms with Crippen molar-refractivity contribution in [2.75, 3.05) is 25.6 Å². The molecular weight excluding hydrogens is 387 g/mol. The van der Waals surface area contributed by atoms with Crippen LogP contribution >= 0.6 is 22.6 Å². The van der Waals surface area contributed by atoms with Gasteiger partial charge >= 0.3 is 12.0 Å². The number of nitrogens with one attached hydrogen (secondary N) is 1. The molecule has 2 rings (SSSR count). The number of nitrogens with zero attached hydrogens (tertiary/aromatic N) is 1. The lowest BCUT2D eigenvalue weighted by Gasteiger charge is -2.31. The number of benzene rings is 1. The number of halogens is 1. The van der Waals surface area contributed by atoms with Crippen molar-refractivity contribution in [2.24, 2.45) is 0 Å². The molecule has 0 aliphatic carbocycles. The summed E-state index contributed by atoms with van der Waals surface area (Å²) in [6.45, 7) is 1.29. The van der Waals surface area contributed by atoms with Crippen LogP contribution in [0.5, 0.6) is 0 Å². The Labute approximate surface area is 136 Å². The molecule has 114 valence electrons. The first-order valence-corrected chi connectivity index (χ1v) is 7.71. The van der Waals surface area contributed by atoms with Gasteiger partial charge in [-0.05, 0) is 53.6 Å². The number of carboxylic acids is 1. The number of hydrogen-bond donors (Lipinski definition) is 2. The molecule has 1 fully saturated rings. The van der Waals surface area contributed by atoms with Crippen molar-refractivity contribution in [1.29, 1.82) is 0 Å². The average molecular weight is 404 g/mol. The number of carbonyl (C=O) groups excluding carboxylic acids is 1. The normalized spacial score (nSPS) is 15.5. The number of aromatic carboxylic acids is 1. The summed E-state index contributed by atoms with van der Waals surface area (Å²) in [6.07, 6.45) is 1.59. The molecule has 0 spiro atoms. The second-order valence-corrected chi connectivity index (χ2v) is 6.13. The van der Waals surface area contributed by atoms with E-state index in [4.69, 9.17) is 4.74 Å². The lowest BCUT2D eigenvalue weighted by Crippen LogP contribution is -2.43. The van der Waals surface area contributed by atoms with Gasteiger partial charge in [0.15, 0.2) is 0 Å². The molecule has 0 bridgehead atoms. The predicted octanol–water partition coefficient (Wildman–Crippen LogP) is 2.63. The smallest absolute Gasteiger partial charge is 0.337 e. The maximum atomic E-state index is 12.3. The predicted molar refractivity (Wildman–Crippen MR) is 86.7 cm³/mol. The Balaban J connectivity index is 2.10. The Bertz CT molecular complexity index is 544. The Hall–Kier alpha value is -1.35. The van der Waals surface area contributed by atoms with Gasteiger partial charge in [-0.3, -0.25) is 0 Å². The Morgan fingerprint density at radius 3 is 2.67 bits per heavy atom.